The molecule has 0 spiro atoms. The van der Waals surface area contributed by atoms with Gasteiger partial charge in [-0.3, -0.25) is 4.79 Å². The number of nitrogens with zero attached hydrogens (tertiary/aromatic N) is 4. The van der Waals surface area contributed by atoms with Crippen molar-refractivity contribution < 1.29 is 22.7 Å². The van der Waals surface area contributed by atoms with Gasteiger partial charge in [-0.1, -0.05) is 36.4 Å². The zero-order valence-electron chi connectivity index (χ0n) is 21.1. The van der Waals surface area contributed by atoms with E-state index in [9.17, 15) is 18.0 Å². The summed E-state index contributed by atoms with van der Waals surface area (Å²) < 4.78 is 48.2. The van der Waals surface area contributed by atoms with E-state index < -0.39 is 17.7 Å². The van der Waals surface area contributed by atoms with Crippen LogP contribution in [0.25, 0.3) is 5.65 Å². The number of benzene rings is 2. The Kier molecular flexibility index (Phi) is 7.26. The lowest BCUT2D eigenvalue weighted by molar-refractivity contribution is -0.137. The van der Waals surface area contributed by atoms with Crippen molar-refractivity contribution in [3.8, 4) is 5.75 Å². The van der Waals surface area contributed by atoms with Crippen molar-refractivity contribution in [1.29, 1.82) is 0 Å². The first-order chi connectivity index (χ1) is 18.3. The molecule has 1 aliphatic heterocycles. The molecule has 38 heavy (non-hydrogen) atoms. The second-order valence-electron chi connectivity index (χ2n) is 9.26. The number of hydrogen-bond donors (Lipinski definition) is 0. The topological polar surface area (TPSA) is 50.1 Å². The highest BCUT2D eigenvalue weighted by atomic mass is 19.4. The molecule has 1 fully saturated rings. The smallest absolute Gasteiger partial charge is 0.416 e. The molecule has 2 aromatic carbocycles. The van der Waals surface area contributed by atoms with Gasteiger partial charge in [-0.15, -0.1) is 0 Å². The van der Waals surface area contributed by atoms with Crippen LogP contribution in [0, 0.1) is 0 Å². The maximum absolute atomic E-state index is 13.5. The number of aromatic nitrogens is 2. The van der Waals surface area contributed by atoms with E-state index in [-0.39, 0.29) is 12.3 Å². The van der Waals surface area contributed by atoms with Gasteiger partial charge < -0.3 is 18.9 Å². The van der Waals surface area contributed by atoms with Crippen LogP contribution < -0.4 is 9.64 Å². The summed E-state index contributed by atoms with van der Waals surface area (Å²) in [6, 6.07) is 18.6. The van der Waals surface area contributed by atoms with Crippen LogP contribution in [0.1, 0.15) is 36.1 Å². The molecule has 0 bridgehead atoms. The molecule has 1 amide bonds. The first-order valence-electron chi connectivity index (χ1n) is 12.7. The fourth-order valence-corrected chi connectivity index (χ4v) is 5.03. The molecule has 1 unspecified atom stereocenters. The van der Waals surface area contributed by atoms with E-state index in [0.29, 0.717) is 49.7 Å². The van der Waals surface area contributed by atoms with Crippen LogP contribution in [0.15, 0.2) is 79.1 Å². The Morgan fingerprint density at radius 2 is 1.76 bits per heavy atom. The molecule has 9 heteroatoms. The molecule has 198 valence electrons. The molecule has 2 aromatic heterocycles. The number of carbonyl (C=O) groups is 1. The molecular weight excluding hydrogens is 493 g/mol. The standard InChI is InChI=1S/C29H29F3N4O2/c1-2-38-26-11-4-3-10-24(26)34-14-16-35(17-15-34)28(37)19-23(21-8-7-9-22(18-21)29(30,31)32)25-20-33-27-12-5-6-13-36(25)27/h3-13,18,20,23H,2,14-17,19H2,1H3. The van der Waals surface area contributed by atoms with Crippen molar-refractivity contribution in [2.75, 3.05) is 37.7 Å². The average molecular weight is 523 g/mol. The largest absolute Gasteiger partial charge is 0.492 e. The van der Waals surface area contributed by atoms with Gasteiger partial charge in [0.2, 0.25) is 5.91 Å². The monoisotopic (exact) mass is 522 g/mol. The molecule has 1 saturated heterocycles. The maximum atomic E-state index is 13.5. The molecule has 3 heterocycles. The van der Waals surface area contributed by atoms with Crippen LogP contribution in [0.5, 0.6) is 5.75 Å². The molecule has 1 atom stereocenters. The number of fused-ring (bicyclic) bond motifs is 1. The fourth-order valence-electron chi connectivity index (χ4n) is 5.03. The van der Waals surface area contributed by atoms with Gasteiger partial charge in [0.1, 0.15) is 11.4 Å². The predicted molar refractivity (Wildman–Crippen MR) is 139 cm³/mol. The lowest BCUT2D eigenvalue weighted by Crippen LogP contribution is -2.49. The Morgan fingerprint density at radius 3 is 2.53 bits per heavy atom. The third kappa shape index (κ3) is 5.32. The number of para-hydroxylation sites is 2. The Balaban J connectivity index is 1.38. The van der Waals surface area contributed by atoms with E-state index in [4.69, 9.17) is 4.74 Å². The summed E-state index contributed by atoms with van der Waals surface area (Å²) in [7, 11) is 0. The van der Waals surface area contributed by atoms with Crippen molar-refractivity contribution >= 4 is 17.2 Å². The van der Waals surface area contributed by atoms with Gasteiger partial charge in [0.25, 0.3) is 0 Å². The van der Waals surface area contributed by atoms with Gasteiger partial charge in [0, 0.05) is 50.9 Å². The SMILES string of the molecule is CCOc1ccccc1N1CCN(C(=O)CC(c2cccc(C(F)(F)F)c2)c2cnc3ccccn23)CC1. The van der Waals surface area contributed by atoms with Crippen LogP contribution in [0.3, 0.4) is 0 Å². The minimum absolute atomic E-state index is 0.0412. The number of imidazole rings is 1. The predicted octanol–water partition coefficient (Wildman–Crippen LogP) is 5.62. The van der Waals surface area contributed by atoms with E-state index in [0.717, 1.165) is 23.6 Å². The lowest BCUT2D eigenvalue weighted by atomic mass is 9.90. The van der Waals surface area contributed by atoms with E-state index >= 15 is 0 Å². The number of pyridine rings is 1. The van der Waals surface area contributed by atoms with Gasteiger partial charge in [-0.25, -0.2) is 4.98 Å². The molecular formula is C29H29F3N4O2. The number of ether oxygens (including phenoxy) is 1. The second kappa shape index (κ2) is 10.8. The molecule has 1 aliphatic rings. The molecule has 0 aliphatic carbocycles. The van der Waals surface area contributed by atoms with Gasteiger partial charge in [0.05, 0.1) is 23.6 Å². The zero-order chi connectivity index (χ0) is 26.7. The molecule has 4 aromatic rings. The van der Waals surface area contributed by atoms with Crippen molar-refractivity contribution in [2.24, 2.45) is 0 Å². The molecule has 5 rings (SSSR count). The van der Waals surface area contributed by atoms with E-state index in [1.54, 1.807) is 17.2 Å². The normalized spacial score (nSPS) is 15.1. The fraction of sp³-hybridized carbons (Fsp3) is 0.310. The molecule has 6 nitrogen and oxygen atoms in total. The zero-order valence-corrected chi connectivity index (χ0v) is 21.1. The quantitative estimate of drug-likeness (QED) is 0.316. The minimum Gasteiger partial charge on any atom is -0.492 e. The van der Waals surface area contributed by atoms with Crippen molar-refractivity contribution in [3.05, 3.63) is 95.9 Å². The number of piperazine rings is 1. The van der Waals surface area contributed by atoms with Crippen molar-refractivity contribution in [2.45, 2.75) is 25.4 Å². The number of amides is 1. The van der Waals surface area contributed by atoms with Gasteiger partial charge >= 0.3 is 6.18 Å². The molecule has 0 saturated carbocycles. The second-order valence-corrected chi connectivity index (χ2v) is 9.26. The number of hydrogen-bond acceptors (Lipinski definition) is 4. The Bertz CT molecular complexity index is 1410. The molecule has 0 N–H and O–H groups in total. The van der Waals surface area contributed by atoms with Gasteiger partial charge in [0.15, 0.2) is 0 Å². The van der Waals surface area contributed by atoms with E-state index in [2.05, 4.69) is 9.88 Å². The summed E-state index contributed by atoms with van der Waals surface area (Å²) in [5, 5.41) is 0. The van der Waals surface area contributed by atoms with Gasteiger partial charge in [-0.05, 0) is 42.8 Å². The molecule has 0 radical (unpaired) electrons. The minimum atomic E-state index is -4.47. The lowest BCUT2D eigenvalue weighted by Gasteiger charge is -2.37. The highest BCUT2D eigenvalue weighted by molar-refractivity contribution is 5.78. The first-order valence-corrected chi connectivity index (χ1v) is 12.7. The van der Waals surface area contributed by atoms with Crippen LogP contribution in [0.4, 0.5) is 18.9 Å². The number of rotatable bonds is 7. The summed E-state index contributed by atoms with van der Waals surface area (Å²) in [4.78, 5) is 22.0. The van der Waals surface area contributed by atoms with Crippen LogP contribution in [0.2, 0.25) is 0 Å². The Labute approximate surface area is 219 Å². The maximum Gasteiger partial charge on any atom is 0.416 e. The third-order valence-corrected chi connectivity index (χ3v) is 6.94. The summed E-state index contributed by atoms with van der Waals surface area (Å²) in [5.41, 5.74) is 2.05. The first kappa shape index (κ1) is 25.6. The summed E-state index contributed by atoms with van der Waals surface area (Å²) in [6.07, 6.45) is -0.967. The average Bonchev–Trinajstić information content (AvgIpc) is 3.36. The van der Waals surface area contributed by atoms with Gasteiger partial charge in [-0.2, -0.15) is 13.2 Å². The van der Waals surface area contributed by atoms with Crippen LogP contribution in [-0.2, 0) is 11.0 Å². The Morgan fingerprint density at radius 1 is 1.00 bits per heavy atom. The van der Waals surface area contributed by atoms with Crippen LogP contribution >= 0.6 is 0 Å². The van der Waals surface area contributed by atoms with E-state index in [1.807, 2.05) is 60.0 Å². The highest BCUT2D eigenvalue weighted by Gasteiger charge is 2.33. The summed E-state index contributed by atoms with van der Waals surface area (Å²) in [6.45, 7) is 4.82. The number of carbonyl (C=O) groups excluding carboxylic acids is 1. The van der Waals surface area contributed by atoms with Crippen molar-refractivity contribution in [3.63, 3.8) is 0 Å². The summed E-state index contributed by atoms with van der Waals surface area (Å²) in [5.74, 6) is 0.127. The number of halogens is 3. The van der Waals surface area contributed by atoms with Crippen LogP contribution in [-0.4, -0.2) is 53.0 Å². The summed E-state index contributed by atoms with van der Waals surface area (Å²) >= 11 is 0. The van der Waals surface area contributed by atoms with Crippen molar-refractivity contribution in [1.82, 2.24) is 14.3 Å². The van der Waals surface area contributed by atoms with E-state index in [1.165, 1.54) is 6.07 Å². The Hall–Kier alpha value is -4.01. The highest BCUT2D eigenvalue weighted by Crippen LogP contribution is 2.35. The number of alkyl halides is 3. The number of anilines is 1. The third-order valence-electron chi connectivity index (χ3n) is 6.94.